The van der Waals surface area contributed by atoms with Gasteiger partial charge in [0, 0.05) is 22.2 Å². The van der Waals surface area contributed by atoms with Crippen molar-refractivity contribution >= 4 is 90.4 Å². The number of hydrogen-bond acceptors (Lipinski definition) is 1. The molecule has 1 aliphatic carbocycles. The topological polar surface area (TPSA) is 3.24 Å². The van der Waals surface area contributed by atoms with E-state index >= 15 is 0 Å². The number of hydrogen-bond donors (Lipinski definition) is 0. The van der Waals surface area contributed by atoms with Crippen LogP contribution < -0.4 is 42.0 Å². The lowest BCUT2D eigenvalue weighted by Crippen LogP contribution is -2.50. The van der Waals surface area contributed by atoms with Gasteiger partial charge in [-0.2, -0.15) is 0 Å². The molecule has 0 bridgehead atoms. The van der Waals surface area contributed by atoms with Gasteiger partial charge in [0.25, 0.3) is 0 Å². The molecule has 0 amide bonds. The van der Waals surface area contributed by atoms with Crippen LogP contribution in [0.3, 0.4) is 0 Å². The van der Waals surface area contributed by atoms with Crippen molar-refractivity contribution < 1.29 is 0 Å². The molecule has 1 fully saturated rings. The van der Waals surface area contributed by atoms with Crippen molar-refractivity contribution in [2.75, 3.05) is 0 Å². The van der Waals surface area contributed by atoms with Crippen LogP contribution in [0.1, 0.15) is 197 Å². The molecule has 0 aromatic heterocycles. The molecule has 1 nitrogen and oxygen atoms in total. The van der Waals surface area contributed by atoms with E-state index in [2.05, 4.69) is 215 Å². The Hall–Kier alpha value is -2.21. The van der Waals surface area contributed by atoms with Gasteiger partial charge in [-0.05, 0) is 58.4 Å². The number of rotatable bonds is 36. The molecule has 0 atom stereocenters. The quantitative estimate of drug-likeness (QED) is 0.0285. The molecular weight excluding hydrogens is 1050 g/mol. The molecule has 1 saturated carbocycles. The molecule has 0 saturated heterocycles. The predicted octanol–water partition coefficient (Wildman–Crippen LogP) is 19.7. The normalized spacial score (nSPS) is 15.7. The Kier molecular flexibility index (Phi) is 27.8. The number of benzene rings is 5. The van der Waals surface area contributed by atoms with E-state index in [0.717, 1.165) is 0 Å². The fraction of sp³-hybridized carbons (Fsp3) is 0.583. The SMILES string of the molecule is CCC[Si](CCC)(CCC)c1cccc(P(c2cccc([Si](CCC)(CCC)CCC)c2)N(C2CCC(c3ccccc3)CC2)P(c2cccc([Si](CCC)(CCC)CCC)c2)c2cccc([Si](CCC)(CCC)CCC)c2)c1. The summed E-state index contributed by atoms with van der Waals surface area (Å²) in [6, 6.07) is 72.2. The van der Waals surface area contributed by atoms with Gasteiger partial charge in [0.05, 0.1) is 32.3 Å². The Morgan fingerprint density at radius 2 is 0.544 bits per heavy atom. The van der Waals surface area contributed by atoms with E-state index in [-0.39, 0.29) is 0 Å². The lowest BCUT2D eigenvalue weighted by Gasteiger charge is -2.47. The van der Waals surface area contributed by atoms with Crippen molar-refractivity contribution in [3.63, 3.8) is 0 Å². The summed E-state index contributed by atoms with van der Waals surface area (Å²) in [4.78, 5) is 0. The molecule has 0 heterocycles. The van der Waals surface area contributed by atoms with E-state index in [0.29, 0.717) is 12.0 Å². The summed E-state index contributed by atoms with van der Waals surface area (Å²) < 4.78 is 3.40. The van der Waals surface area contributed by atoms with E-state index in [1.807, 2.05) is 0 Å². The molecule has 0 radical (unpaired) electrons. The summed E-state index contributed by atoms with van der Waals surface area (Å²) in [5, 5.41) is 13.6. The molecule has 0 N–H and O–H groups in total. The van der Waals surface area contributed by atoms with E-state index < -0.39 is 48.4 Å². The van der Waals surface area contributed by atoms with E-state index in [1.54, 1.807) is 47.5 Å². The van der Waals surface area contributed by atoms with Gasteiger partial charge in [-0.1, -0.05) is 381 Å². The first-order valence-electron chi connectivity index (χ1n) is 33.4. The molecule has 5 aromatic rings. The third-order valence-electron chi connectivity index (χ3n) is 19.3. The third-order valence-corrected chi connectivity index (χ3v) is 48.5. The second kappa shape index (κ2) is 33.3. The highest BCUT2D eigenvalue weighted by molar-refractivity contribution is 7.84. The predicted molar refractivity (Wildman–Crippen MR) is 374 cm³/mol. The average molecular weight is 1170 g/mol. The van der Waals surface area contributed by atoms with Crippen LogP contribution in [0, 0.1) is 0 Å². The smallest absolute Gasteiger partial charge is 0.0867 e. The lowest BCUT2D eigenvalue weighted by molar-refractivity contribution is 0.326. The maximum Gasteiger partial charge on any atom is 0.0867 e. The molecule has 5 aromatic carbocycles. The first kappa shape index (κ1) is 65.9. The Bertz CT molecular complexity index is 2150. The van der Waals surface area contributed by atoms with Crippen molar-refractivity contribution in [1.82, 2.24) is 4.44 Å². The summed E-state index contributed by atoms with van der Waals surface area (Å²) in [5.74, 6) is 0.620. The highest BCUT2D eigenvalue weighted by Gasteiger charge is 2.43. The van der Waals surface area contributed by atoms with E-state index in [9.17, 15) is 0 Å². The zero-order valence-electron chi connectivity index (χ0n) is 52.9. The van der Waals surface area contributed by atoms with Crippen molar-refractivity contribution in [3.8, 4) is 0 Å². The summed E-state index contributed by atoms with van der Waals surface area (Å²) in [7, 11) is -9.08. The fourth-order valence-corrected chi connectivity index (χ4v) is 45.0. The van der Waals surface area contributed by atoms with Crippen molar-refractivity contribution in [1.29, 1.82) is 0 Å². The van der Waals surface area contributed by atoms with Crippen LogP contribution in [0.25, 0.3) is 0 Å². The van der Waals surface area contributed by atoms with E-state index in [4.69, 9.17) is 0 Å². The van der Waals surface area contributed by atoms with Gasteiger partial charge < -0.3 is 0 Å². The summed E-state index contributed by atoms with van der Waals surface area (Å²) in [5.41, 5.74) is 1.55. The van der Waals surface area contributed by atoms with Gasteiger partial charge in [-0.25, -0.2) is 4.44 Å². The average Bonchev–Trinajstić information content (AvgIpc) is 3.51. The first-order chi connectivity index (χ1) is 38.5. The van der Waals surface area contributed by atoms with Gasteiger partial charge in [-0.15, -0.1) is 0 Å². The minimum absolute atomic E-state index is 0.470. The molecule has 6 rings (SSSR count). The third kappa shape index (κ3) is 16.2. The largest absolute Gasteiger partial charge is 0.242 e. The maximum absolute atomic E-state index is 3.40. The highest BCUT2D eigenvalue weighted by Crippen LogP contribution is 2.59. The molecule has 79 heavy (non-hydrogen) atoms. The monoisotopic (exact) mass is 1170 g/mol. The zero-order valence-corrected chi connectivity index (χ0v) is 58.7. The first-order valence-corrected chi connectivity index (χ1v) is 46.5. The Labute approximate surface area is 494 Å². The van der Waals surface area contributed by atoms with Gasteiger partial charge in [0.2, 0.25) is 0 Å². The lowest BCUT2D eigenvalue weighted by atomic mass is 9.82. The zero-order chi connectivity index (χ0) is 56.7. The molecule has 0 spiro atoms. The minimum Gasteiger partial charge on any atom is -0.242 e. The fourth-order valence-electron chi connectivity index (χ4n) is 16.4. The van der Waals surface area contributed by atoms with Gasteiger partial charge in [0.1, 0.15) is 0 Å². The minimum atomic E-state index is -1.79. The molecule has 0 unspecified atom stereocenters. The van der Waals surface area contributed by atoms with Crippen molar-refractivity contribution in [3.05, 3.63) is 133 Å². The van der Waals surface area contributed by atoms with Crippen LogP contribution in [0.4, 0.5) is 0 Å². The van der Waals surface area contributed by atoms with Crippen LogP contribution >= 0.6 is 16.1 Å². The van der Waals surface area contributed by atoms with Crippen LogP contribution in [0.15, 0.2) is 127 Å². The van der Waals surface area contributed by atoms with Crippen molar-refractivity contribution in [2.24, 2.45) is 0 Å². The van der Waals surface area contributed by atoms with Crippen LogP contribution in [0.2, 0.25) is 72.5 Å². The van der Waals surface area contributed by atoms with Gasteiger partial charge >= 0.3 is 0 Å². The molecule has 0 aliphatic heterocycles. The standard InChI is InChI=1S/C72H115NP2Si4/c1-13-46-76(47-14-2,48-15-3)69-38-28-34-65(58-69)74(66-35-29-39-70(59-66)77(49-16-4,50-17-5)51-18-6)73(64-44-42-63(43-45-64)62-32-26-25-27-33-62)75(67-36-30-40-71(60-67)78(52-19-7,53-20-8)54-21-9)68-37-31-41-72(61-68)79(55-22-10,56-23-11)57-24-12/h25-41,58-61,63-64H,13-24,42-57H2,1-12H3. The summed E-state index contributed by atoms with van der Waals surface area (Å²) in [6.45, 7) is 29.8. The maximum atomic E-state index is 3.40. The van der Waals surface area contributed by atoms with E-state index in [1.165, 1.54) is 175 Å². The molecule has 434 valence electrons. The van der Waals surface area contributed by atoms with Crippen LogP contribution in [-0.4, -0.2) is 42.8 Å². The molecule has 1 aliphatic rings. The Morgan fingerprint density at radius 1 is 0.304 bits per heavy atom. The Balaban J connectivity index is 1.80. The Morgan fingerprint density at radius 3 is 0.772 bits per heavy atom. The summed E-state index contributed by atoms with van der Waals surface area (Å²) >= 11 is 0. The van der Waals surface area contributed by atoms with Crippen LogP contribution in [-0.2, 0) is 0 Å². The second-order valence-corrected chi connectivity index (χ2v) is 48.2. The van der Waals surface area contributed by atoms with Gasteiger partial charge in [-0.3, -0.25) is 0 Å². The second-order valence-electron chi connectivity index (χ2n) is 25.2. The molecule has 7 heteroatoms. The van der Waals surface area contributed by atoms with Gasteiger partial charge in [0.15, 0.2) is 0 Å². The molecular formula is C72H115NP2Si4. The summed E-state index contributed by atoms with van der Waals surface area (Å²) in [6.07, 6.45) is 20.5. The van der Waals surface area contributed by atoms with Crippen molar-refractivity contribution in [2.45, 2.75) is 270 Å². The number of nitrogens with zero attached hydrogens (tertiary/aromatic N) is 1. The van der Waals surface area contributed by atoms with Crippen LogP contribution in [0.5, 0.6) is 0 Å². The highest BCUT2D eigenvalue weighted by atomic mass is 31.2.